The van der Waals surface area contributed by atoms with E-state index in [1.54, 1.807) is 42.5 Å². The van der Waals surface area contributed by atoms with Crippen LogP contribution in [-0.4, -0.2) is 30.9 Å². The topological polar surface area (TPSA) is 81.7 Å². The maximum Gasteiger partial charge on any atom is 0.339 e. The minimum Gasteiger partial charge on any atom is -0.493 e. The highest BCUT2D eigenvalue weighted by Crippen LogP contribution is 2.31. The predicted octanol–water partition coefficient (Wildman–Crippen LogP) is 4.37. The molecule has 4 rings (SSSR count). The van der Waals surface area contributed by atoms with Crippen molar-refractivity contribution >= 4 is 29.3 Å². The molecule has 32 heavy (non-hydrogen) atoms. The van der Waals surface area contributed by atoms with Gasteiger partial charge < -0.3 is 14.8 Å². The highest BCUT2D eigenvalue weighted by Gasteiger charge is 2.24. The van der Waals surface area contributed by atoms with Gasteiger partial charge in [0.05, 0.1) is 18.2 Å². The number of ether oxygens (including phenoxy) is 2. The first kappa shape index (κ1) is 21.6. The number of nitrogens with one attached hydrogen (secondary N) is 1. The summed E-state index contributed by atoms with van der Waals surface area (Å²) in [4.78, 5) is 37.9. The molecule has 0 fully saturated rings. The number of carbonyl (C=O) groups excluding carboxylic acids is 3. The van der Waals surface area contributed by atoms with Crippen molar-refractivity contribution in [3.8, 4) is 5.75 Å². The van der Waals surface area contributed by atoms with Gasteiger partial charge in [-0.15, -0.1) is 0 Å². The lowest BCUT2D eigenvalue weighted by Crippen LogP contribution is -2.35. The molecule has 0 aliphatic carbocycles. The van der Waals surface area contributed by atoms with E-state index < -0.39 is 18.5 Å². The van der Waals surface area contributed by atoms with Crippen molar-refractivity contribution in [2.75, 3.05) is 13.2 Å². The minimum absolute atomic E-state index is 0.0941. The molecule has 3 aromatic carbocycles. The van der Waals surface area contributed by atoms with E-state index in [1.807, 2.05) is 24.3 Å². The fourth-order valence-corrected chi connectivity index (χ4v) is 3.68. The van der Waals surface area contributed by atoms with Crippen LogP contribution in [0.2, 0.25) is 5.02 Å². The van der Waals surface area contributed by atoms with Crippen LogP contribution in [0.3, 0.4) is 0 Å². The summed E-state index contributed by atoms with van der Waals surface area (Å²) in [6.07, 6.45) is 0.620. The van der Waals surface area contributed by atoms with Gasteiger partial charge in [-0.05, 0) is 36.4 Å². The lowest BCUT2D eigenvalue weighted by atomic mass is 9.98. The van der Waals surface area contributed by atoms with Crippen LogP contribution < -0.4 is 10.1 Å². The summed E-state index contributed by atoms with van der Waals surface area (Å²) in [5.41, 5.74) is 1.57. The summed E-state index contributed by atoms with van der Waals surface area (Å²) in [5.74, 6) is -0.778. The van der Waals surface area contributed by atoms with Gasteiger partial charge in [0.1, 0.15) is 5.75 Å². The third kappa shape index (κ3) is 4.81. The van der Waals surface area contributed by atoms with Crippen molar-refractivity contribution in [1.29, 1.82) is 0 Å². The van der Waals surface area contributed by atoms with Crippen LogP contribution in [0.4, 0.5) is 0 Å². The summed E-state index contributed by atoms with van der Waals surface area (Å²) < 4.78 is 10.8. The highest BCUT2D eigenvalue weighted by molar-refractivity contribution is 6.30. The van der Waals surface area contributed by atoms with Gasteiger partial charge in [-0.2, -0.15) is 0 Å². The van der Waals surface area contributed by atoms with Gasteiger partial charge in [0.25, 0.3) is 5.91 Å². The first-order chi connectivity index (χ1) is 15.5. The van der Waals surface area contributed by atoms with Crippen molar-refractivity contribution in [2.45, 2.75) is 12.5 Å². The van der Waals surface area contributed by atoms with Crippen LogP contribution in [0, 0.1) is 0 Å². The first-order valence-corrected chi connectivity index (χ1v) is 10.5. The second-order valence-electron chi connectivity index (χ2n) is 7.25. The molecule has 1 amide bonds. The Kier molecular flexibility index (Phi) is 6.52. The monoisotopic (exact) mass is 449 g/mol. The molecule has 162 valence electrons. The van der Waals surface area contributed by atoms with Gasteiger partial charge in [0, 0.05) is 28.1 Å². The number of para-hydroxylation sites is 1. The Morgan fingerprint density at radius 1 is 0.938 bits per heavy atom. The van der Waals surface area contributed by atoms with Gasteiger partial charge in [0.15, 0.2) is 12.4 Å². The zero-order chi connectivity index (χ0) is 22.5. The van der Waals surface area contributed by atoms with E-state index in [-0.39, 0.29) is 23.0 Å². The lowest BCUT2D eigenvalue weighted by Gasteiger charge is -2.26. The Morgan fingerprint density at radius 3 is 2.41 bits per heavy atom. The number of amides is 1. The Hall–Kier alpha value is -3.64. The molecule has 0 saturated carbocycles. The molecular formula is C25H20ClNO5. The zero-order valence-electron chi connectivity index (χ0n) is 17.0. The summed E-state index contributed by atoms with van der Waals surface area (Å²) in [5, 5.41) is 3.38. The van der Waals surface area contributed by atoms with E-state index in [0.717, 1.165) is 11.3 Å². The van der Waals surface area contributed by atoms with Crippen LogP contribution in [0.15, 0.2) is 72.8 Å². The number of hydrogen-bond acceptors (Lipinski definition) is 5. The van der Waals surface area contributed by atoms with E-state index in [0.29, 0.717) is 23.6 Å². The van der Waals surface area contributed by atoms with Crippen LogP contribution in [-0.2, 0) is 9.53 Å². The number of fused-ring (bicyclic) bond motifs is 1. The molecule has 1 aliphatic heterocycles. The Labute approximate surface area is 190 Å². The van der Waals surface area contributed by atoms with E-state index in [2.05, 4.69) is 5.32 Å². The van der Waals surface area contributed by atoms with Crippen LogP contribution in [0.1, 0.15) is 44.3 Å². The van der Waals surface area contributed by atoms with Crippen LogP contribution >= 0.6 is 11.6 Å². The summed E-state index contributed by atoms with van der Waals surface area (Å²) >= 11 is 5.88. The second-order valence-corrected chi connectivity index (χ2v) is 7.69. The highest BCUT2D eigenvalue weighted by atomic mass is 35.5. The maximum absolute atomic E-state index is 12.9. The number of hydrogen-bond donors (Lipinski definition) is 1. The third-order valence-electron chi connectivity index (χ3n) is 5.13. The molecule has 1 unspecified atom stereocenters. The molecule has 7 heteroatoms. The van der Waals surface area contributed by atoms with Crippen molar-refractivity contribution in [1.82, 2.24) is 5.32 Å². The van der Waals surface area contributed by atoms with Crippen LogP contribution in [0.5, 0.6) is 5.75 Å². The maximum atomic E-state index is 12.9. The summed E-state index contributed by atoms with van der Waals surface area (Å²) in [6.45, 7) is 0.0315. The minimum atomic E-state index is -0.745. The molecule has 0 spiro atoms. The number of carbonyl (C=O) groups is 3. The number of halogens is 1. The second kappa shape index (κ2) is 9.66. The van der Waals surface area contributed by atoms with Gasteiger partial charge in [-0.3, -0.25) is 9.59 Å². The molecule has 1 atom stereocenters. The smallest absolute Gasteiger partial charge is 0.339 e. The number of rotatable bonds is 6. The van der Waals surface area contributed by atoms with E-state index >= 15 is 0 Å². The standard InChI is InChI=1S/C25H20ClNO5/c26-17-11-9-16(10-12-17)24(29)18-5-1-2-6-19(18)25(30)32-15-23(28)27-21-13-14-31-22-8-4-3-7-20(21)22/h1-12,21H,13-15H2,(H,27,28). The molecule has 0 saturated heterocycles. The van der Waals surface area contributed by atoms with E-state index in [4.69, 9.17) is 21.1 Å². The Balaban J connectivity index is 1.41. The molecule has 1 N–H and O–H groups in total. The SMILES string of the molecule is O=C(COC(=O)c1ccccc1C(=O)c1ccc(Cl)cc1)NC1CCOc2ccccc21. The molecule has 3 aromatic rings. The molecule has 0 bridgehead atoms. The largest absolute Gasteiger partial charge is 0.493 e. The van der Waals surface area contributed by atoms with Crippen molar-refractivity contribution in [2.24, 2.45) is 0 Å². The fourth-order valence-electron chi connectivity index (χ4n) is 3.55. The third-order valence-corrected chi connectivity index (χ3v) is 5.38. The summed E-state index contributed by atoms with van der Waals surface area (Å²) in [6, 6.07) is 20.0. The van der Waals surface area contributed by atoms with Gasteiger partial charge >= 0.3 is 5.97 Å². The number of ketones is 1. The first-order valence-electron chi connectivity index (χ1n) is 10.1. The van der Waals surface area contributed by atoms with E-state index in [9.17, 15) is 14.4 Å². The van der Waals surface area contributed by atoms with Gasteiger partial charge in [-0.1, -0.05) is 48.0 Å². The Morgan fingerprint density at radius 2 is 1.62 bits per heavy atom. The number of esters is 1. The van der Waals surface area contributed by atoms with E-state index in [1.165, 1.54) is 6.07 Å². The summed E-state index contributed by atoms with van der Waals surface area (Å²) in [7, 11) is 0. The van der Waals surface area contributed by atoms with Crippen molar-refractivity contribution in [3.05, 3.63) is 100 Å². The Bertz CT molecular complexity index is 1160. The van der Waals surface area contributed by atoms with Crippen LogP contribution in [0.25, 0.3) is 0 Å². The zero-order valence-corrected chi connectivity index (χ0v) is 17.8. The molecule has 0 aromatic heterocycles. The molecule has 1 aliphatic rings. The average Bonchev–Trinajstić information content (AvgIpc) is 2.83. The van der Waals surface area contributed by atoms with Gasteiger partial charge in [-0.25, -0.2) is 4.79 Å². The normalized spacial score (nSPS) is 14.6. The predicted molar refractivity (Wildman–Crippen MR) is 119 cm³/mol. The molecule has 1 heterocycles. The molecular weight excluding hydrogens is 430 g/mol. The lowest BCUT2D eigenvalue weighted by molar-refractivity contribution is -0.125. The quantitative estimate of drug-likeness (QED) is 0.446. The van der Waals surface area contributed by atoms with Gasteiger partial charge in [0.2, 0.25) is 0 Å². The molecule has 6 nitrogen and oxygen atoms in total. The number of benzene rings is 3. The molecule has 0 radical (unpaired) electrons. The fraction of sp³-hybridized carbons (Fsp3) is 0.160. The van der Waals surface area contributed by atoms with Crippen molar-refractivity contribution < 1.29 is 23.9 Å². The van der Waals surface area contributed by atoms with Crippen molar-refractivity contribution in [3.63, 3.8) is 0 Å². The average molecular weight is 450 g/mol.